The first-order valence-electron chi connectivity index (χ1n) is 13.6. The van der Waals surface area contributed by atoms with Crippen LogP contribution >= 0.6 is 11.6 Å². The zero-order valence-electron chi connectivity index (χ0n) is 22.6. The molecular formula is C30H30ClFN6O3. The van der Waals surface area contributed by atoms with Crippen LogP contribution in [0.5, 0.6) is 5.75 Å². The van der Waals surface area contributed by atoms with E-state index < -0.39 is 11.9 Å². The third-order valence-corrected chi connectivity index (χ3v) is 8.04. The molecule has 0 unspecified atom stereocenters. The van der Waals surface area contributed by atoms with Gasteiger partial charge < -0.3 is 19.4 Å². The summed E-state index contributed by atoms with van der Waals surface area (Å²) >= 11 is 6.15. The van der Waals surface area contributed by atoms with Gasteiger partial charge in [0.05, 0.1) is 24.0 Å². The number of benzene rings is 2. The molecule has 2 amide bonds. The SMILES string of the molecule is CCN(C(=O)Oc1ccc(F)cc1)[C@H]1CN(C(=O)C2CCN(c3ncc(C#N)cn3)CC2)C[C@@H]1c1ccc(Cl)cc1. The van der Waals surface area contributed by atoms with Crippen molar-refractivity contribution in [3.63, 3.8) is 0 Å². The first kappa shape index (κ1) is 28.3. The Balaban J connectivity index is 1.30. The van der Waals surface area contributed by atoms with Crippen LogP contribution in [0.2, 0.25) is 5.02 Å². The Labute approximate surface area is 243 Å². The van der Waals surface area contributed by atoms with Gasteiger partial charge in [0.1, 0.15) is 17.6 Å². The van der Waals surface area contributed by atoms with Gasteiger partial charge in [-0.2, -0.15) is 5.26 Å². The van der Waals surface area contributed by atoms with Gasteiger partial charge in [0.25, 0.3) is 0 Å². The van der Waals surface area contributed by atoms with Gasteiger partial charge >= 0.3 is 6.09 Å². The van der Waals surface area contributed by atoms with Crippen LogP contribution in [0, 0.1) is 23.1 Å². The minimum atomic E-state index is -0.548. The Morgan fingerprint density at radius 3 is 2.34 bits per heavy atom. The Morgan fingerprint density at radius 1 is 1.07 bits per heavy atom. The molecule has 1 aromatic heterocycles. The van der Waals surface area contributed by atoms with Crippen molar-refractivity contribution in [3.8, 4) is 11.8 Å². The summed E-state index contributed by atoms with van der Waals surface area (Å²) in [7, 11) is 0. The van der Waals surface area contributed by atoms with Gasteiger partial charge in [0, 0.05) is 49.6 Å². The fourth-order valence-electron chi connectivity index (χ4n) is 5.61. The summed E-state index contributed by atoms with van der Waals surface area (Å²) in [6, 6.07) is 14.5. The predicted molar refractivity (Wildman–Crippen MR) is 151 cm³/mol. The van der Waals surface area contributed by atoms with Gasteiger partial charge in [-0.05, 0) is 61.7 Å². The lowest BCUT2D eigenvalue weighted by atomic mass is 9.93. The number of anilines is 1. The molecule has 0 aliphatic carbocycles. The standard InChI is InChI=1S/C30H30ClFN6O3/c1-2-38(30(40)41-25-9-7-24(32)8-10-25)27-19-37(18-26(27)21-3-5-23(31)6-4-21)28(39)22-11-13-36(14-12-22)29-34-16-20(15-33)17-35-29/h3-10,16-17,22,26-27H,2,11-14,18-19H2,1H3/t26-,27+/m1/s1. The fraction of sp³-hybridized carbons (Fsp3) is 0.367. The molecule has 11 heteroatoms. The number of ether oxygens (including phenoxy) is 1. The maximum atomic E-state index is 13.8. The predicted octanol–water partition coefficient (Wildman–Crippen LogP) is 4.87. The molecule has 0 bridgehead atoms. The summed E-state index contributed by atoms with van der Waals surface area (Å²) in [6.45, 7) is 4.34. The smallest absolute Gasteiger partial charge is 0.410 e. The highest BCUT2D eigenvalue weighted by Gasteiger charge is 2.43. The number of amides is 2. The van der Waals surface area contributed by atoms with E-state index in [2.05, 4.69) is 9.97 Å². The number of hydrogen-bond donors (Lipinski definition) is 0. The van der Waals surface area contributed by atoms with Gasteiger partial charge in [-0.3, -0.25) is 4.79 Å². The van der Waals surface area contributed by atoms with E-state index in [1.807, 2.05) is 47.1 Å². The number of likely N-dealkylation sites (tertiary alicyclic amines) is 1. The van der Waals surface area contributed by atoms with Crippen LogP contribution in [0.1, 0.15) is 36.8 Å². The van der Waals surface area contributed by atoms with Crippen molar-refractivity contribution < 1.29 is 18.7 Å². The zero-order valence-corrected chi connectivity index (χ0v) is 23.4. The number of nitriles is 1. The molecule has 9 nitrogen and oxygen atoms in total. The summed E-state index contributed by atoms with van der Waals surface area (Å²) in [6.07, 6.45) is 3.76. The van der Waals surface area contributed by atoms with Crippen LogP contribution in [-0.4, -0.2) is 70.5 Å². The summed E-state index contributed by atoms with van der Waals surface area (Å²) in [5, 5.41) is 9.59. The third-order valence-electron chi connectivity index (χ3n) is 7.79. The van der Waals surface area contributed by atoms with Crippen LogP contribution in [0.3, 0.4) is 0 Å². The maximum Gasteiger partial charge on any atom is 0.415 e. The second kappa shape index (κ2) is 12.5. The van der Waals surface area contributed by atoms with Crippen molar-refractivity contribution in [1.29, 1.82) is 5.26 Å². The van der Waals surface area contributed by atoms with Crippen molar-refractivity contribution in [1.82, 2.24) is 19.8 Å². The molecule has 3 heterocycles. The van der Waals surface area contributed by atoms with E-state index in [1.165, 1.54) is 36.7 Å². The molecule has 0 N–H and O–H groups in total. The summed E-state index contributed by atoms with van der Waals surface area (Å²) in [5.41, 5.74) is 1.39. The highest BCUT2D eigenvalue weighted by molar-refractivity contribution is 6.30. The highest BCUT2D eigenvalue weighted by Crippen LogP contribution is 2.34. The molecule has 3 aromatic rings. The lowest BCUT2D eigenvalue weighted by Crippen LogP contribution is -2.47. The molecule has 2 aromatic carbocycles. The van der Waals surface area contributed by atoms with E-state index in [4.69, 9.17) is 21.6 Å². The monoisotopic (exact) mass is 576 g/mol. The summed E-state index contributed by atoms with van der Waals surface area (Å²) < 4.78 is 18.9. The van der Waals surface area contributed by atoms with Gasteiger partial charge in [-0.15, -0.1) is 0 Å². The van der Waals surface area contributed by atoms with Crippen LogP contribution in [0.15, 0.2) is 60.9 Å². The van der Waals surface area contributed by atoms with E-state index in [0.29, 0.717) is 62.1 Å². The molecule has 2 saturated heterocycles. The van der Waals surface area contributed by atoms with E-state index >= 15 is 0 Å². The number of aromatic nitrogens is 2. The van der Waals surface area contributed by atoms with Crippen LogP contribution in [0.4, 0.5) is 15.1 Å². The number of piperidine rings is 1. The molecule has 0 spiro atoms. The van der Waals surface area contributed by atoms with Crippen molar-refractivity contribution in [2.24, 2.45) is 5.92 Å². The zero-order chi connectivity index (χ0) is 28.9. The van der Waals surface area contributed by atoms with Gasteiger partial charge in [0.2, 0.25) is 11.9 Å². The number of carbonyl (C=O) groups excluding carboxylic acids is 2. The Hall–Kier alpha value is -4.23. The van der Waals surface area contributed by atoms with Crippen LogP contribution in [0.25, 0.3) is 0 Å². The third kappa shape index (κ3) is 6.41. The van der Waals surface area contributed by atoms with Crippen molar-refractivity contribution in [2.45, 2.75) is 31.7 Å². The lowest BCUT2D eigenvalue weighted by molar-refractivity contribution is -0.135. The second-order valence-corrected chi connectivity index (χ2v) is 10.7. The highest BCUT2D eigenvalue weighted by atomic mass is 35.5. The largest absolute Gasteiger partial charge is 0.415 e. The molecular weight excluding hydrogens is 547 g/mol. The van der Waals surface area contributed by atoms with Crippen LogP contribution in [-0.2, 0) is 4.79 Å². The molecule has 212 valence electrons. The van der Waals surface area contributed by atoms with Gasteiger partial charge in [-0.25, -0.2) is 19.2 Å². The molecule has 2 atom stereocenters. The number of carbonyl (C=O) groups is 2. The molecule has 2 fully saturated rings. The van der Waals surface area contributed by atoms with E-state index in [-0.39, 0.29) is 29.5 Å². The van der Waals surface area contributed by atoms with E-state index in [0.717, 1.165) is 5.56 Å². The Morgan fingerprint density at radius 2 is 1.73 bits per heavy atom. The molecule has 41 heavy (non-hydrogen) atoms. The van der Waals surface area contributed by atoms with Crippen molar-refractivity contribution in [2.75, 3.05) is 37.6 Å². The number of halogens is 2. The number of rotatable bonds is 6. The number of hydrogen-bond acceptors (Lipinski definition) is 7. The average Bonchev–Trinajstić information content (AvgIpc) is 3.44. The van der Waals surface area contributed by atoms with E-state index in [1.54, 1.807) is 4.90 Å². The van der Waals surface area contributed by atoms with Crippen molar-refractivity contribution >= 4 is 29.5 Å². The number of likely N-dealkylation sites (N-methyl/N-ethyl adjacent to an activating group) is 1. The topological polar surface area (TPSA) is 103 Å². The lowest BCUT2D eigenvalue weighted by Gasteiger charge is -2.33. The first-order valence-corrected chi connectivity index (χ1v) is 14.0. The molecule has 2 aliphatic heterocycles. The van der Waals surface area contributed by atoms with E-state index in [9.17, 15) is 14.0 Å². The molecule has 0 radical (unpaired) electrons. The van der Waals surface area contributed by atoms with Crippen LogP contribution < -0.4 is 9.64 Å². The quantitative estimate of drug-likeness (QED) is 0.412. The Kier molecular flexibility index (Phi) is 8.64. The first-order chi connectivity index (χ1) is 19.9. The number of nitrogens with zero attached hydrogens (tertiary/aromatic N) is 6. The molecule has 2 aliphatic rings. The fourth-order valence-corrected chi connectivity index (χ4v) is 5.73. The summed E-state index contributed by atoms with van der Waals surface area (Å²) in [4.78, 5) is 41.1. The van der Waals surface area contributed by atoms with Gasteiger partial charge in [0.15, 0.2) is 0 Å². The maximum absolute atomic E-state index is 13.8. The second-order valence-electron chi connectivity index (χ2n) is 10.2. The summed E-state index contributed by atoms with van der Waals surface area (Å²) in [5.74, 6) is 0.161. The normalized spacial score (nSPS) is 19.1. The minimum Gasteiger partial charge on any atom is -0.410 e. The average molecular weight is 577 g/mol. The van der Waals surface area contributed by atoms with Gasteiger partial charge in [-0.1, -0.05) is 23.7 Å². The van der Waals surface area contributed by atoms with Crippen molar-refractivity contribution in [3.05, 3.63) is 82.9 Å². The Bertz CT molecular complexity index is 1410. The minimum absolute atomic E-state index is 0.0646. The molecule has 5 rings (SSSR count). The molecule has 0 saturated carbocycles.